The van der Waals surface area contributed by atoms with E-state index >= 15 is 0 Å². The zero-order valence-corrected chi connectivity index (χ0v) is 13.8. The van der Waals surface area contributed by atoms with Gasteiger partial charge in [-0.05, 0) is 48.7 Å². The summed E-state index contributed by atoms with van der Waals surface area (Å²) in [6.45, 7) is 2.80. The van der Waals surface area contributed by atoms with Gasteiger partial charge >= 0.3 is 0 Å². The summed E-state index contributed by atoms with van der Waals surface area (Å²) in [6, 6.07) is 13.3. The van der Waals surface area contributed by atoms with Crippen molar-refractivity contribution in [3.8, 4) is 0 Å². The zero-order valence-electron chi connectivity index (χ0n) is 12.3. The highest BCUT2D eigenvalue weighted by Crippen LogP contribution is 2.21. The third kappa shape index (κ3) is 5.24. The molecule has 0 unspecified atom stereocenters. The van der Waals surface area contributed by atoms with Crippen molar-refractivity contribution in [2.24, 2.45) is 0 Å². The van der Waals surface area contributed by atoms with E-state index in [1.54, 1.807) is 12.1 Å². The van der Waals surface area contributed by atoms with Crippen LogP contribution in [0, 0.1) is 6.92 Å². The molecule has 116 valence electrons. The fourth-order valence-electron chi connectivity index (χ4n) is 2.06. The average molecular weight is 337 g/mol. The van der Waals surface area contributed by atoms with Crippen molar-refractivity contribution in [1.29, 1.82) is 0 Å². The monoisotopic (exact) mass is 336 g/mol. The fraction of sp³-hybridized carbons (Fsp3) is 0.235. The van der Waals surface area contributed by atoms with Crippen LogP contribution in [0.1, 0.15) is 11.1 Å². The van der Waals surface area contributed by atoms with E-state index in [-0.39, 0.29) is 12.5 Å². The number of nitrogens with one attached hydrogen (secondary N) is 2. The van der Waals surface area contributed by atoms with Crippen LogP contribution >= 0.6 is 23.2 Å². The average Bonchev–Trinajstić information content (AvgIpc) is 2.47. The Morgan fingerprint density at radius 3 is 2.68 bits per heavy atom. The maximum atomic E-state index is 11.8. The molecule has 0 saturated heterocycles. The molecule has 0 fully saturated rings. The molecular formula is C17H18Cl2N2O. The molecular weight excluding hydrogens is 319 g/mol. The molecule has 0 aliphatic rings. The molecule has 0 aliphatic heterocycles. The molecule has 2 rings (SSSR count). The van der Waals surface area contributed by atoms with Crippen molar-refractivity contribution >= 4 is 34.8 Å². The third-order valence-electron chi connectivity index (χ3n) is 3.20. The van der Waals surface area contributed by atoms with E-state index in [1.807, 2.05) is 37.3 Å². The molecule has 0 aliphatic carbocycles. The molecule has 2 aromatic carbocycles. The molecule has 0 atom stereocenters. The number of hydrogen-bond acceptors (Lipinski definition) is 2. The lowest BCUT2D eigenvalue weighted by molar-refractivity contribution is -0.119. The predicted octanol–water partition coefficient (Wildman–Crippen LogP) is 4.07. The van der Waals surface area contributed by atoms with Crippen molar-refractivity contribution in [1.82, 2.24) is 5.32 Å². The van der Waals surface area contributed by atoms with Crippen molar-refractivity contribution in [3.05, 3.63) is 63.6 Å². The summed E-state index contributed by atoms with van der Waals surface area (Å²) in [5, 5.41) is 7.20. The smallest absolute Gasteiger partial charge is 0.239 e. The fourth-order valence-corrected chi connectivity index (χ4v) is 2.56. The van der Waals surface area contributed by atoms with Gasteiger partial charge in [0.2, 0.25) is 5.91 Å². The van der Waals surface area contributed by atoms with E-state index in [9.17, 15) is 4.79 Å². The van der Waals surface area contributed by atoms with E-state index in [4.69, 9.17) is 23.2 Å². The van der Waals surface area contributed by atoms with Gasteiger partial charge in [0.25, 0.3) is 0 Å². The Morgan fingerprint density at radius 2 is 1.95 bits per heavy atom. The van der Waals surface area contributed by atoms with Crippen LogP contribution in [0.5, 0.6) is 0 Å². The van der Waals surface area contributed by atoms with Gasteiger partial charge in [-0.3, -0.25) is 4.79 Å². The first-order valence-electron chi connectivity index (χ1n) is 7.06. The molecule has 2 aromatic rings. The first-order valence-corrected chi connectivity index (χ1v) is 7.81. The maximum Gasteiger partial charge on any atom is 0.239 e. The zero-order chi connectivity index (χ0) is 15.9. The van der Waals surface area contributed by atoms with Crippen LogP contribution in [0.2, 0.25) is 10.0 Å². The Morgan fingerprint density at radius 1 is 1.14 bits per heavy atom. The van der Waals surface area contributed by atoms with Crippen LogP contribution in [0.15, 0.2) is 42.5 Å². The molecule has 3 nitrogen and oxygen atoms in total. The van der Waals surface area contributed by atoms with Gasteiger partial charge in [0.1, 0.15) is 0 Å². The molecule has 0 spiro atoms. The molecule has 0 aromatic heterocycles. The van der Waals surface area contributed by atoms with Gasteiger partial charge in [-0.25, -0.2) is 0 Å². The van der Waals surface area contributed by atoms with Crippen molar-refractivity contribution in [2.75, 3.05) is 18.4 Å². The van der Waals surface area contributed by atoms with Crippen LogP contribution in [0.3, 0.4) is 0 Å². The van der Waals surface area contributed by atoms with Crippen molar-refractivity contribution < 1.29 is 4.79 Å². The van der Waals surface area contributed by atoms with Crippen LogP contribution in [0.25, 0.3) is 0 Å². The number of carbonyl (C=O) groups is 1. The Bertz CT molecular complexity index is 659. The molecule has 0 heterocycles. The second-order valence-electron chi connectivity index (χ2n) is 5.06. The Kier molecular flexibility index (Phi) is 6.10. The molecule has 5 heteroatoms. The lowest BCUT2D eigenvalue weighted by Gasteiger charge is -2.09. The number of benzene rings is 2. The van der Waals surface area contributed by atoms with Crippen LogP contribution in [0.4, 0.5) is 5.69 Å². The molecule has 2 N–H and O–H groups in total. The van der Waals surface area contributed by atoms with Gasteiger partial charge in [0.15, 0.2) is 0 Å². The van der Waals surface area contributed by atoms with Gasteiger partial charge < -0.3 is 10.6 Å². The number of carbonyl (C=O) groups excluding carboxylic acids is 1. The van der Waals surface area contributed by atoms with E-state index in [0.29, 0.717) is 23.0 Å². The summed E-state index contributed by atoms with van der Waals surface area (Å²) >= 11 is 11.9. The van der Waals surface area contributed by atoms with Crippen molar-refractivity contribution in [3.63, 3.8) is 0 Å². The maximum absolute atomic E-state index is 11.8. The van der Waals surface area contributed by atoms with Crippen LogP contribution in [-0.4, -0.2) is 19.0 Å². The molecule has 22 heavy (non-hydrogen) atoms. The highest BCUT2D eigenvalue weighted by molar-refractivity contribution is 6.35. The first kappa shape index (κ1) is 16.7. The van der Waals surface area contributed by atoms with Gasteiger partial charge in [-0.1, -0.05) is 41.4 Å². The minimum atomic E-state index is -0.0495. The summed E-state index contributed by atoms with van der Waals surface area (Å²) in [6.07, 6.45) is 0.673. The van der Waals surface area contributed by atoms with Gasteiger partial charge in [-0.2, -0.15) is 0 Å². The minimum Gasteiger partial charge on any atom is -0.376 e. The second-order valence-corrected chi connectivity index (χ2v) is 5.90. The SMILES string of the molecule is Cc1cccc(NCC(=O)NCCc2ccc(Cl)cc2Cl)c1. The number of aryl methyl sites for hydroxylation is 1. The lowest BCUT2D eigenvalue weighted by Crippen LogP contribution is -2.31. The topological polar surface area (TPSA) is 41.1 Å². The number of anilines is 1. The summed E-state index contributed by atoms with van der Waals surface area (Å²) < 4.78 is 0. The van der Waals surface area contributed by atoms with Crippen LogP contribution < -0.4 is 10.6 Å². The largest absolute Gasteiger partial charge is 0.376 e. The quantitative estimate of drug-likeness (QED) is 0.834. The summed E-state index contributed by atoms with van der Waals surface area (Å²) in [4.78, 5) is 11.8. The third-order valence-corrected chi connectivity index (χ3v) is 3.79. The van der Waals surface area contributed by atoms with Crippen LogP contribution in [-0.2, 0) is 11.2 Å². The van der Waals surface area contributed by atoms with E-state index in [2.05, 4.69) is 10.6 Å². The second kappa shape index (κ2) is 8.06. The van der Waals surface area contributed by atoms with E-state index in [0.717, 1.165) is 16.8 Å². The van der Waals surface area contributed by atoms with E-state index < -0.39 is 0 Å². The summed E-state index contributed by atoms with van der Waals surface area (Å²) in [5.41, 5.74) is 3.07. The molecule has 0 radical (unpaired) electrons. The van der Waals surface area contributed by atoms with E-state index in [1.165, 1.54) is 0 Å². The number of amides is 1. The van der Waals surface area contributed by atoms with Crippen molar-refractivity contribution in [2.45, 2.75) is 13.3 Å². The highest BCUT2D eigenvalue weighted by atomic mass is 35.5. The normalized spacial score (nSPS) is 10.3. The minimum absolute atomic E-state index is 0.0495. The van der Waals surface area contributed by atoms with Gasteiger partial charge in [-0.15, -0.1) is 0 Å². The Labute approximate surface area is 140 Å². The first-order chi connectivity index (χ1) is 10.5. The molecule has 0 saturated carbocycles. The summed E-state index contributed by atoms with van der Waals surface area (Å²) in [5.74, 6) is -0.0495. The lowest BCUT2D eigenvalue weighted by atomic mass is 10.1. The highest BCUT2D eigenvalue weighted by Gasteiger charge is 2.04. The number of hydrogen-bond donors (Lipinski definition) is 2. The standard InChI is InChI=1S/C17H18Cl2N2O/c1-12-3-2-4-15(9-12)21-11-17(22)20-8-7-13-5-6-14(18)10-16(13)19/h2-6,9-10,21H,7-8,11H2,1H3,(H,20,22). The van der Waals surface area contributed by atoms with Gasteiger partial charge in [0.05, 0.1) is 6.54 Å². The predicted molar refractivity (Wildman–Crippen MR) is 92.8 cm³/mol. The Balaban J connectivity index is 1.74. The molecule has 0 bridgehead atoms. The number of halogens is 2. The summed E-state index contributed by atoms with van der Waals surface area (Å²) in [7, 11) is 0. The van der Waals surface area contributed by atoms with Gasteiger partial charge in [0, 0.05) is 22.3 Å². The number of rotatable bonds is 6. The Hall–Kier alpha value is -1.71. The molecule has 1 amide bonds.